The number of hydrogen-bond acceptors (Lipinski definition) is 0. The average Bonchev–Trinajstić information content (AvgIpc) is 2.62. The van der Waals surface area contributed by atoms with E-state index in [4.69, 9.17) is 0 Å². The van der Waals surface area contributed by atoms with Gasteiger partial charge in [0, 0.05) is 0 Å². The quantitative estimate of drug-likeness (QED) is 0.0942. The van der Waals surface area contributed by atoms with E-state index in [-0.39, 0.29) is 115 Å². The van der Waals surface area contributed by atoms with Crippen molar-refractivity contribution in [2.24, 2.45) is 0 Å². The fourth-order valence-corrected chi connectivity index (χ4v) is 1.03. The van der Waals surface area contributed by atoms with Crippen molar-refractivity contribution in [1.29, 1.82) is 0 Å². The van der Waals surface area contributed by atoms with Gasteiger partial charge in [0.2, 0.25) is 0 Å². The molecule has 0 heterocycles. The molecule has 3 aromatic rings. The summed E-state index contributed by atoms with van der Waals surface area (Å²) in [6, 6.07) is 37.5. The third kappa shape index (κ3) is 40.6. The Kier molecular flexibility index (Phi) is 81.2. The van der Waals surface area contributed by atoms with Crippen LogP contribution < -0.4 is 53.4 Å². The van der Waals surface area contributed by atoms with Crippen LogP contribution in [0.3, 0.4) is 0 Å². The summed E-state index contributed by atoms with van der Waals surface area (Å²) >= 11 is 0. The number of hydrogen-bond donors (Lipinski definition) is 0. The Hall–Kier alpha value is 2.01. The molecule has 2 atom stereocenters. The second kappa shape index (κ2) is 45.6. The Labute approximate surface area is 238 Å². The zero-order valence-electron chi connectivity index (χ0n) is 13.4. The van der Waals surface area contributed by atoms with E-state index < -0.39 is 0 Å². The van der Waals surface area contributed by atoms with Crippen molar-refractivity contribution in [3.05, 3.63) is 109 Å². The fraction of sp³-hybridized carbons (Fsp3) is 0. The predicted octanol–water partition coefficient (Wildman–Crippen LogP) is -3.88. The number of rotatable bonds is 0. The van der Waals surface area contributed by atoms with Gasteiger partial charge >= 0.3 is 61.3 Å². The van der Waals surface area contributed by atoms with E-state index in [9.17, 15) is 0 Å². The molecule has 0 aromatic heterocycles. The summed E-state index contributed by atoms with van der Waals surface area (Å²) in [6.45, 7) is 0. The summed E-state index contributed by atoms with van der Waals surface area (Å²) in [6.07, 6.45) is 0. The van der Waals surface area contributed by atoms with Crippen LogP contribution in [0.4, 0.5) is 0 Å². The van der Waals surface area contributed by atoms with Crippen molar-refractivity contribution in [1.82, 2.24) is 0 Å². The molecule has 0 nitrogen and oxygen atoms in total. The summed E-state index contributed by atoms with van der Waals surface area (Å²) in [4.78, 5) is 0. The normalized spacial score (nSPS) is 5.77. The predicted molar refractivity (Wildman–Crippen MR) is 95.3 cm³/mol. The molecule has 0 radical (unpaired) electrons. The minimum Gasteiger partial charge on any atom is -1.00 e. The molecule has 0 saturated heterocycles. The second-order valence-corrected chi connectivity index (χ2v) is 3.23. The maximum atomic E-state index is 2.89. The van der Waals surface area contributed by atoms with Gasteiger partial charge in [-0.25, -0.2) is 0 Å². The molecule has 0 bridgehead atoms. The van der Waals surface area contributed by atoms with E-state index >= 15 is 0 Å². The second-order valence-electron chi connectivity index (χ2n) is 3.23. The van der Waals surface area contributed by atoms with Crippen molar-refractivity contribution < 1.29 is 115 Å². The van der Waals surface area contributed by atoms with Crippen LogP contribution in [0, 0.1) is 18.2 Å². The molecule has 0 aliphatic carbocycles. The largest absolute Gasteiger partial charge is 2.00 e. The Balaban J connectivity index is -0.0000000358. The molecule has 0 aliphatic rings. The Morgan fingerprint density at radius 3 is 0.615 bits per heavy atom. The molecule has 152 valence electrons. The van der Waals surface area contributed by atoms with E-state index in [2.05, 4.69) is 36.1 Å². The number of benzene rings is 3. The van der Waals surface area contributed by atoms with Crippen LogP contribution in [-0.4, -0.2) is 0 Å². The van der Waals surface area contributed by atoms with Crippen LogP contribution in [-0.2, 0) is 61.3 Å². The summed E-state index contributed by atoms with van der Waals surface area (Å²) in [5.74, 6) is 0. The molecule has 2 unspecified atom stereocenters. The molecule has 0 aliphatic heterocycles. The first-order chi connectivity index (χ1) is 10.0. The maximum Gasteiger partial charge on any atom is 2.00 e. The van der Waals surface area contributed by atoms with Crippen molar-refractivity contribution in [2.45, 2.75) is 0 Å². The van der Waals surface area contributed by atoms with Crippen LogP contribution in [0.1, 0.15) is 0 Å². The van der Waals surface area contributed by atoms with E-state index in [1.54, 1.807) is 0 Å². The van der Waals surface area contributed by atoms with Gasteiger partial charge in [-0.2, -0.15) is 109 Å². The molecule has 0 spiro atoms. The molecular weight excluding hydrogens is 840 g/mol. The first kappa shape index (κ1) is 46.3. The van der Waals surface area contributed by atoms with Crippen molar-refractivity contribution in [3.8, 4) is 0 Å². The van der Waals surface area contributed by atoms with Gasteiger partial charge in [-0.3, -0.25) is 0 Å². The van der Waals surface area contributed by atoms with Gasteiger partial charge < -0.3 is 53.4 Å². The topological polar surface area (TPSA) is 0 Å². The smallest absolute Gasteiger partial charge is 1.00 e. The van der Waals surface area contributed by atoms with Gasteiger partial charge in [0.25, 0.3) is 0 Å². The van der Waals surface area contributed by atoms with Crippen LogP contribution in [0.2, 0.25) is 0 Å². The average molecular weight is 859 g/mol. The third-order valence-electron chi connectivity index (χ3n) is 1.82. The molecule has 3 rings (SSSR count). The van der Waals surface area contributed by atoms with E-state index in [1.165, 1.54) is 0 Å². The van der Waals surface area contributed by atoms with Crippen molar-refractivity contribution in [2.75, 3.05) is 0 Å². The van der Waals surface area contributed by atoms with Crippen LogP contribution >= 0.6 is 17.9 Å². The SMILES string of the molecule is PP.[Br-].[Cl-].[I-].[Pd+2].[Pd+2].[Pd+2].[c-]1ccccc1.[c-]1ccccc1.[c-]1ccccc1. The summed E-state index contributed by atoms with van der Waals surface area (Å²) in [5.41, 5.74) is 0. The molecule has 3 aromatic carbocycles. The van der Waals surface area contributed by atoms with E-state index in [0.717, 1.165) is 0 Å². The Bertz CT molecular complexity index is 331. The van der Waals surface area contributed by atoms with E-state index in [0.29, 0.717) is 0 Å². The minimum absolute atomic E-state index is 0. The Morgan fingerprint density at radius 2 is 0.577 bits per heavy atom. The van der Waals surface area contributed by atoms with Crippen LogP contribution in [0.15, 0.2) is 91.0 Å². The van der Waals surface area contributed by atoms with Crippen molar-refractivity contribution >= 4 is 17.9 Å². The molecule has 26 heavy (non-hydrogen) atoms. The molecule has 0 amide bonds. The molecule has 0 N–H and O–H groups in total. The zero-order valence-corrected chi connectivity index (χ0v) is 24.9. The number of halogens is 3. The van der Waals surface area contributed by atoms with Gasteiger partial charge in [0.05, 0.1) is 0 Å². The van der Waals surface area contributed by atoms with Crippen LogP contribution in [0.25, 0.3) is 0 Å². The van der Waals surface area contributed by atoms with Gasteiger partial charge in [0.1, 0.15) is 0 Å². The zero-order chi connectivity index (χ0) is 14.7. The van der Waals surface area contributed by atoms with Crippen LogP contribution in [0.5, 0.6) is 0 Å². The third-order valence-corrected chi connectivity index (χ3v) is 1.82. The fourth-order valence-electron chi connectivity index (χ4n) is 1.03. The van der Waals surface area contributed by atoms with E-state index in [1.807, 2.05) is 91.0 Å². The maximum absolute atomic E-state index is 2.89. The Morgan fingerprint density at radius 1 is 0.423 bits per heavy atom. The standard InChI is InChI=1S/3C6H5.BrH.ClH.HI.H4P2.3Pd/c3*1-2-4-6-5-3-1;;;;1-2;;;/h3*1-5H;3*1H;1-2H2;;;/q3*-1;;;;;3*+2/p-3. The first-order valence-corrected chi connectivity index (χ1v) is 8.73. The van der Waals surface area contributed by atoms with Crippen molar-refractivity contribution in [3.63, 3.8) is 0 Å². The monoisotopic (exact) mass is 856 g/mol. The van der Waals surface area contributed by atoms with Gasteiger partial charge in [-0.1, -0.05) is 0 Å². The van der Waals surface area contributed by atoms with Gasteiger partial charge in [0.15, 0.2) is 0 Å². The minimum atomic E-state index is 0. The summed E-state index contributed by atoms with van der Waals surface area (Å²) < 4.78 is 0. The molecule has 0 saturated carbocycles. The summed E-state index contributed by atoms with van der Waals surface area (Å²) in [5, 5.41) is 0. The summed E-state index contributed by atoms with van der Waals surface area (Å²) in [7, 11) is 4.67. The van der Waals surface area contributed by atoms with Gasteiger partial charge in [-0.05, 0) is 0 Å². The molecule has 0 fully saturated rings. The molecule has 8 heteroatoms. The first-order valence-electron chi connectivity index (χ1n) is 6.07. The molecular formula is C18H19BrClIP2Pd3. The van der Waals surface area contributed by atoms with Gasteiger partial charge in [-0.15, -0.1) is 17.9 Å².